The highest BCUT2D eigenvalue weighted by atomic mass is 19.1. The summed E-state index contributed by atoms with van der Waals surface area (Å²) >= 11 is 0. The maximum atomic E-state index is 14.1. The van der Waals surface area contributed by atoms with Crippen LogP contribution in [0.3, 0.4) is 0 Å². The molecule has 0 saturated heterocycles. The van der Waals surface area contributed by atoms with E-state index in [0.29, 0.717) is 16.9 Å². The first-order valence-corrected chi connectivity index (χ1v) is 12.1. The smallest absolute Gasteiger partial charge is 0.269 e. The fraction of sp³-hybridized carbons (Fsp3) is 0.233. The topological polar surface area (TPSA) is 96.9 Å². The van der Waals surface area contributed by atoms with Gasteiger partial charge in [0.25, 0.3) is 11.8 Å². The van der Waals surface area contributed by atoms with Crippen molar-refractivity contribution in [3.05, 3.63) is 107 Å². The molecule has 3 aromatic heterocycles. The molecule has 0 aliphatic rings. The molecule has 1 aromatic carbocycles. The quantitative estimate of drug-likeness (QED) is 0.343. The molecule has 0 radical (unpaired) electrons. The number of hydrogen-bond acceptors (Lipinski definition) is 5. The number of carbonyl (C=O) groups excluding carboxylic acids is 2. The van der Waals surface area contributed by atoms with Crippen LogP contribution in [-0.4, -0.2) is 33.8 Å². The van der Waals surface area contributed by atoms with Crippen molar-refractivity contribution in [2.75, 3.05) is 12.4 Å². The lowest BCUT2D eigenvalue weighted by Crippen LogP contribution is -2.19. The molecule has 196 valence electrons. The van der Waals surface area contributed by atoms with Gasteiger partial charge in [0.15, 0.2) is 0 Å². The Labute approximate surface area is 222 Å². The lowest BCUT2D eigenvalue weighted by molar-refractivity contribution is 0.0957. The molecule has 38 heavy (non-hydrogen) atoms. The highest BCUT2D eigenvalue weighted by molar-refractivity contribution is 6.04. The van der Waals surface area contributed by atoms with Gasteiger partial charge in [-0.25, -0.2) is 4.39 Å². The van der Waals surface area contributed by atoms with Gasteiger partial charge in [0.1, 0.15) is 11.4 Å². The summed E-state index contributed by atoms with van der Waals surface area (Å²) in [5.74, 6) is -0.451. The minimum atomic E-state index is -1.61. The van der Waals surface area contributed by atoms with Crippen molar-refractivity contribution in [1.29, 1.82) is 0 Å². The predicted molar refractivity (Wildman–Crippen MR) is 148 cm³/mol. The summed E-state index contributed by atoms with van der Waals surface area (Å²) in [4.78, 5) is 35.8. The first-order valence-electron chi connectivity index (χ1n) is 12.1. The Balaban J connectivity index is 0.000000304. The monoisotopic (exact) mass is 513 g/mol. The number of rotatable bonds is 5. The number of pyridine rings is 3. The van der Waals surface area contributed by atoms with Crippen LogP contribution in [0.4, 0.5) is 10.1 Å². The van der Waals surface area contributed by atoms with Crippen molar-refractivity contribution in [1.82, 2.24) is 20.3 Å². The van der Waals surface area contributed by atoms with Crippen molar-refractivity contribution in [3.63, 3.8) is 0 Å². The molecule has 0 spiro atoms. The van der Waals surface area contributed by atoms with Gasteiger partial charge in [-0.2, -0.15) is 0 Å². The number of anilines is 1. The zero-order valence-electron chi connectivity index (χ0n) is 22.5. The van der Waals surface area contributed by atoms with E-state index in [1.165, 1.54) is 26.1 Å². The largest absolute Gasteiger partial charge is 0.354 e. The minimum Gasteiger partial charge on any atom is -0.354 e. The Kier molecular flexibility index (Phi) is 9.02. The molecule has 0 aliphatic heterocycles. The van der Waals surface area contributed by atoms with Crippen molar-refractivity contribution < 1.29 is 14.0 Å². The van der Waals surface area contributed by atoms with Crippen molar-refractivity contribution in [2.24, 2.45) is 0 Å². The van der Waals surface area contributed by atoms with Gasteiger partial charge in [-0.05, 0) is 93.8 Å². The molecule has 0 fully saturated rings. The van der Waals surface area contributed by atoms with Crippen LogP contribution in [0.15, 0.2) is 73.2 Å². The SMILES string of the molecule is CNC(=O)c1cc(C)ccn1.Cc1ccc(-c2cc(NC(=O)c3ccnc(C(C)(C)F)c3)ccc2C)cn1. The normalized spacial score (nSPS) is 10.7. The second-order valence-corrected chi connectivity index (χ2v) is 9.37. The average molecular weight is 514 g/mol. The number of alkyl halides is 1. The molecule has 0 saturated carbocycles. The summed E-state index contributed by atoms with van der Waals surface area (Å²) in [6.07, 6.45) is 4.89. The lowest BCUT2D eigenvalue weighted by atomic mass is 10.0. The van der Waals surface area contributed by atoms with Gasteiger partial charge in [-0.1, -0.05) is 12.1 Å². The van der Waals surface area contributed by atoms with Crippen LogP contribution < -0.4 is 10.6 Å². The first-order chi connectivity index (χ1) is 18.0. The number of amides is 2. The van der Waals surface area contributed by atoms with Crippen LogP contribution >= 0.6 is 0 Å². The van der Waals surface area contributed by atoms with E-state index in [9.17, 15) is 14.0 Å². The molecule has 7 nitrogen and oxygen atoms in total. The number of hydrogen-bond donors (Lipinski definition) is 2. The third kappa shape index (κ3) is 7.52. The Bertz CT molecular complexity index is 1430. The molecule has 4 rings (SSSR count). The van der Waals surface area contributed by atoms with Crippen molar-refractivity contribution >= 4 is 17.5 Å². The Hall–Kier alpha value is -4.46. The van der Waals surface area contributed by atoms with Gasteiger partial charge in [0.05, 0.1) is 5.69 Å². The molecule has 3 heterocycles. The Morgan fingerprint density at radius 2 is 1.58 bits per heavy atom. The molecule has 2 amide bonds. The van der Waals surface area contributed by atoms with Crippen LogP contribution in [0.25, 0.3) is 11.1 Å². The van der Waals surface area contributed by atoms with Crippen LogP contribution in [0, 0.1) is 20.8 Å². The zero-order valence-corrected chi connectivity index (χ0v) is 22.5. The van der Waals surface area contributed by atoms with Gasteiger partial charge in [0, 0.05) is 48.1 Å². The molecule has 0 bridgehead atoms. The van der Waals surface area contributed by atoms with E-state index in [2.05, 4.69) is 25.6 Å². The van der Waals surface area contributed by atoms with E-state index >= 15 is 0 Å². The number of nitrogens with zero attached hydrogens (tertiary/aromatic N) is 3. The summed E-state index contributed by atoms with van der Waals surface area (Å²) in [5.41, 5.74) is 5.18. The molecule has 0 unspecified atom stereocenters. The maximum absolute atomic E-state index is 14.1. The summed E-state index contributed by atoms with van der Waals surface area (Å²) in [7, 11) is 1.59. The van der Waals surface area contributed by atoms with Crippen molar-refractivity contribution in [2.45, 2.75) is 40.3 Å². The highest BCUT2D eigenvalue weighted by Crippen LogP contribution is 2.27. The molecule has 0 aliphatic carbocycles. The van der Waals surface area contributed by atoms with E-state index in [4.69, 9.17) is 0 Å². The number of nitrogens with one attached hydrogen (secondary N) is 2. The summed E-state index contributed by atoms with van der Waals surface area (Å²) < 4.78 is 14.1. The van der Waals surface area contributed by atoms with Crippen molar-refractivity contribution in [3.8, 4) is 11.1 Å². The second kappa shape index (κ2) is 12.2. The summed E-state index contributed by atoms with van der Waals surface area (Å²) in [6.45, 7) is 8.71. The first kappa shape index (κ1) is 28.1. The van der Waals surface area contributed by atoms with E-state index in [0.717, 1.165) is 27.9 Å². The fourth-order valence-electron chi connectivity index (χ4n) is 3.53. The molecular formula is C30H32FN5O2. The summed E-state index contributed by atoms with van der Waals surface area (Å²) in [6, 6.07) is 16.3. The second-order valence-electron chi connectivity index (χ2n) is 9.37. The Morgan fingerprint density at radius 1 is 0.842 bits per heavy atom. The van der Waals surface area contributed by atoms with E-state index < -0.39 is 5.67 Å². The molecule has 2 N–H and O–H groups in total. The van der Waals surface area contributed by atoms with Crippen LogP contribution in [0.1, 0.15) is 57.2 Å². The lowest BCUT2D eigenvalue weighted by Gasteiger charge is -2.14. The maximum Gasteiger partial charge on any atom is 0.269 e. The molecule has 8 heteroatoms. The third-order valence-electron chi connectivity index (χ3n) is 5.72. The molecular weight excluding hydrogens is 481 g/mol. The number of aromatic nitrogens is 3. The number of halogens is 1. The van der Waals surface area contributed by atoms with Gasteiger partial charge in [-0.3, -0.25) is 24.5 Å². The number of carbonyl (C=O) groups is 2. The molecule has 0 atom stereocenters. The van der Waals surface area contributed by atoms with E-state index in [1.807, 2.05) is 63.4 Å². The van der Waals surface area contributed by atoms with Gasteiger partial charge >= 0.3 is 0 Å². The van der Waals surface area contributed by atoms with E-state index in [-0.39, 0.29) is 17.5 Å². The van der Waals surface area contributed by atoms with Gasteiger partial charge in [0.2, 0.25) is 0 Å². The fourth-order valence-corrected chi connectivity index (χ4v) is 3.53. The summed E-state index contributed by atoms with van der Waals surface area (Å²) in [5, 5.41) is 5.38. The van der Waals surface area contributed by atoms with Gasteiger partial charge in [-0.15, -0.1) is 0 Å². The highest BCUT2D eigenvalue weighted by Gasteiger charge is 2.22. The number of benzene rings is 1. The van der Waals surface area contributed by atoms with Crippen LogP contribution in [0.2, 0.25) is 0 Å². The molecule has 4 aromatic rings. The predicted octanol–water partition coefficient (Wildman–Crippen LogP) is 5.97. The van der Waals surface area contributed by atoms with Gasteiger partial charge < -0.3 is 10.6 Å². The third-order valence-corrected chi connectivity index (χ3v) is 5.72. The average Bonchev–Trinajstić information content (AvgIpc) is 2.90. The number of aryl methyl sites for hydroxylation is 3. The van der Waals surface area contributed by atoms with Crippen LogP contribution in [0.5, 0.6) is 0 Å². The minimum absolute atomic E-state index is 0.145. The van der Waals surface area contributed by atoms with E-state index in [1.54, 1.807) is 25.4 Å². The Morgan fingerprint density at radius 3 is 2.21 bits per heavy atom. The standard InChI is InChI=1S/C22H22FN3O.C8H10N2O/c1-14-5-8-18(12-19(14)17-7-6-15(2)25-13-17)26-21(27)16-9-10-24-20(11-16)22(3,4)23;1-6-3-4-10-7(5-6)8(11)9-2/h5-13H,1-4H3,(H,26,27);3-5H,1-2H3,(H,9,11). The zero-order chi connectivity index (χ0) is 27.9. The van der Waals surface area contributed by atoms with Crippen LogP contribution in [-0.2, 0) is 5.67 Å².